The van der Waals surface area contributed by atoms with Crippen molar-refractivity contribution in [2.24, 2.45) is 5.10 Å². The number of sulfonamides is 1. The third kappa shape index (κ3) is 7.04. The number of ether oxygens (including phenoxy) is 1. The number of nitrogens with one attached hydrogen (secondary N) is 1. The maximum atomic E-state index is 13.4. The summed E-state index contributed by atoms with van der Waals surface area (Å²) in [6.45, 7) is 7.70. The molecule has 0 aromatic heterocycles. The smallest absolute Gasteiger partial charge is 0.264 e. The maximum absolute atomic E-state index is 13.4. The molecule has 0 unspecified atom stereocenters. The van der Waals surface area contributed by atoms with Crippen molar-refractivity contribution in [1.82, 2.24) is 5.43 Å². The fraction of sp³-hybridized carbons (Fsp3) is 0.185. The average molecular weight is 492 g/mol. The standard InChI is InChI=1S/C27H29N3O4S/c1-4-18-34-25-16-10-22(11-17-25)19-28-29-27(31)20-30(24-14-12-23(13-15-24)21(2)3)35(32,33)26-8-6-5-7-9-26/h4-17,19,21H,1,18,20H2,2-3H3,(H,29,31)/b28-19+. The molecule has 8 heteroatoms. The molecule has 0 bridgehead atoms. The van der Waals surface area contributed by atoms with Gasteiger partial charge in [0.25, 0.3) is 15.9 Å². The van der Waals surface area contributed by atoms with Gasteiger partial charge in [0.1, 0.15) is 18.9 Å². The van der Waals surface area contributed by atoms with E-state index < -0.39 is 22.5 Å². The first-order chi connectivity index (χ1) is 16.8. The zero-order chi connectivity index (χ0) is 25.3. The van der Waals surface area contributed by atoms with Crippen LogP contribution in [0.5, 0.6) is 5.75 Å². The minimum Gasteiger partial charge on any atom is -0.490 e. The molecular formula is C27H29N3O4S. The van der Waals surface area contributed by atoms with E-state index in [9.17, 15) is 13.2 Å². The lowest BCUT2D eigenvalue weighted by Gasteiger charge is -2.24. The highest BCUT2D eigenvalue weighted by molar-refractivity contribution is 7.92. The topological polar surface area (TPSA) is 88.1 Å². The van der Waals surface area contributed by atoms with Crippen molar-refractivity contribution in [2.45, 2.75) is 24.7 Å². The highest BCUT2D eigenvalue weighted by atomic mass is 32.2. The van der Waals surface area contributed by atoms with Crippen molar-refractivity contribution in [2.75, 3.05) is 17.5 Å². The molecule has 0 heterocycles. The molecule has 0 saturated heterocycles. The van der Waals surface area contributed by atoms with Crippen LogP contribution < -0.4 is 14.5 Å². The summed E-state index contributed by atoms with van der Waals surface area (Å²) in [4.78, 5) is 12.8. The Kier molecular flexibility index (Phi) is 8.80. The summed E-state index contributed by atoms with van der Waals surface area (Å²) < 4.78 is 33.3. The van der Waals surface area contributed by atoms with Crippen LogP contribution in [0.2, 0.25) is 0 Å². The SMILES string of the molecule is C=CCOc1ccc(/C=N/NC(=O)CN(c2ccc(C(C)C)cc2)S(=O)(=O)c2ccccc2)cc1. The summed E-state index contributed by atoms with van der Waals surface area (Å²) in [6.07, 6.45) is 3.13. The first-order valence-electron chi connectivity index (χ1n) is 11.1. The van der Waals surface area contributed by atoms with Crippen molar-refractivity contribution < 1.29 is 17.9 Å². The van der Waals surface area contributed by atoms with E-state index in [1.54, 1.807) is 60.7 Å². The van der Waals surface area contributed by atoms with E-state index in [2.05, 4.69) is 31.0 Å². The van der Waals surface area contributed by atoms with Crippen molar-refractivity contribution in [3.8, 4) is 5.75 Å². The molecular weight excluding hydrogens is 462 g/mol. The highest BCUT2D eigenvalue weighted by Gasteiger charge is 2.27. The van der Waals surface area contributed by atoms with Crippen LogP contribution in [-0.4, -0.2) is 33.7 Å². The van der Waals surface area contributed by atoms with Crippen LogP contribution in [0.1, 0.15) is 30.9 Å². The van der Waals surface area contributed by atoms with Crippen molar-refractivity contribution in [1.29, 1.82) is 0 Å². The minimum absolute atomic E-state index is 0.100. The number of benzene rings is 3. The fourth-order valence-corrected chi connectivity index (χ4v) is 4.65. The Labute approximate surface area is 206 Å². The van der Waals surface area contributed by atoms with Crippen molar-refractivity contribution >= 4 is 27.8 Å². The first-order valence-corrected chi connectivity index (χ1v) is 12.6. The Morgan fingerprint density at radius 1 is 1.03 bits per heavy atom. The third-order valence-corrected chi connectivity index (χ3v) is 6.91. The van der Waals surface area contributed by atoms with Crippen LogP contribution in [0.25, 0.3) is 0 Å². The first kappa shape index (κ1) is 25.7. The number of rotatable bonds is 11. The summed E-state index contributed by atoms with van der Waals surface area (Å²) in [6, 6.07) is 22.3. The lowest BCUT2D eigenvalue weighted by atomic mass is 10.0. The van der Waals surface area contributed by atoms with E-state index in [0.717, 1.165) is 15.4 Å². The van der Waals surface area contributed by atoms with Crippen LogP contribution in [0, 0.1) is 0 Å². The van der Waals surface area contributed by atoms with Gasteiger partial charge < -0.3 is 4.74 Å². The summed E-state index contributed by atoms with van der Waals surface area (Å²) in [7, 11) is -3.97. The largest absolute Gasteiger partial charge is 0.490 e. The van der Waals surface area contributed by atoms with Crippen LogP contribution in [0.4, 0.5) is 5.69 Å². The average Bonchev–Trinajstić information content (AvgIpc) is 2.87. The van der Waals surface area contributed by atoms with Gasteiger partial charge in [-0.3, -0.25) is 9.10 Å². The predicted molar refractivity (Wildman–Crippen MR) is 139 cm³/mol. The molecule has 0 saturated carbocycles. The van der Waals surface area contributed by atoms with Gasteiger partial charge in [-0.1, -0.05) is 56.8 Å². The molecule has 0 radical (unpaired) electrons. The number of hydrazone groups is 1. The normalized spacial score (nSPS) is 11.4. The molecule has 1 N–H and O–H groups in total. The second-order valence-electron chi connectivity index (χ2n) is 8.03. The van der Waals surface area contributed by atoms with Gasteiger partial charge in [-0.25, -0.2) is 13.8 Å². The molecule has 7 nitrogen and oxygen atoms in total. The molecule has 0 aliphatic rings. The summed E-state index contributed by atoms with van der Waals surface area (Å²) in [5.41, 5.74) is 4.62. The third-order valence-electron chi connectivity index (χ3n) is 5.12. The zero-order valence-electron chi connectivity index (χ0n) is 19.8. The molecule has 0 fully saturated rings. The van der Waals surface area contributed by atoms with E-state index in [-0.39, 0.29) is 4.90 Å². The van der Waals surface area contributed by atoms with E-state index >= 15 is 0 Å². The minimum atomic E-state index is -3.97. The van der Waals surface area contributed by atoms with E-state index in [1.807, 2.05) is 12.1 Å². The molecule has 0 atom stereocenters. The van der Waals surface area contributed by atoms with Crippen LogP contribution in [0.15, 0.2) is 102 Å². The van der Waals surface area contributed by atoms with Crippen LogP contribution >= 0.6 is 0 Å². The number of anilines is 1. The summed E-state index contributed by atoms with van der Waals surface area (Å²) in [5, 5.41) is 3.97. The molecule has 3 rings (SSSR count). The van der Waals surface area contributed by atoms with Gasteiger partial charge in [-0.05, 0) is 65.6 Å². The van der Waals surface area contributed by atoms with Gasteiger partial charge in [0.05, 0.1) is 16.8 Å². The van der Waals surface area contributed by atoms with E-state index in [4.69, 9.17) is 4.74 Å². The Hall–Kier alpha value is -3.91. The fourth-order valence-electron chi connectivity index (χ4n) is 3.21. The number of nitrogens with zero attached hydrogens (tertiary/aromatic N) is 2. The van der Waals surface area contributed by atoms with Crippen molar-refractivity contribution in [3.63, 3.8) is 0 Å². The van der Waals surface area contributed by atoms with Gasteiger partial charge in [0, 0.05) is 0 Å². The lowest BCUT2D eigenvalue weighted by molar-refractivity contribution is -0.119. The van der Waals surface area contributed by atoms with Gasteiger partial charge in [0.15, 0.2) is 0 Å². The van der Waals surface area contributed by atoms with Gasteiger partial charge in [0.2, 0.25) is 0 Å². The number of hydrogen-bond donors (Lipinski definition) is 1. The molecule has 182 valence electrons. The molecule has 3 aromatic rings. The predicted octanol–water partition coefficient (Wildman–Crippen LogP) is 4.72. The Balaban J connectivity index is 1.76. The molecule has 3 aromatic carbocycles. The van der Waals surface area contributed by atoms with Crippen LogP contribution in [-0.2, 0) is 14.8 Å². The van der Waals surface area contributed by atoms with Crippen molar-refractivity contribution in [3.05, 3.63) is 103 Å². The Morgan fingerprint density at radius 2 is 1.69 bits per heavy atom. The number of carbonyl (C=O) groups excluding carboxylic acids is 1. The van der Waals surface area contributed by atoms with E-state index in [1.165, 1.54) is 18.3 Å². The quantitative estimate of drug-likeness (QED) is 0.239. The van der Waals surface area contributed by atoms with E-state index in [0.29, 0.717) is 24.0 Å². The second kappa shape index (κ2) is 12.0. The number of amides is 1. The second-order valence-corrected chi connectivity index (χ2v) is 9.90. The van der Waals surface area contributed by atoms with Crippen LogP contribution in [0.3, 0.4) is 0 Å². The van der Waals surface area contributed by atoms with Gasteiger partial charge >= 0.3 is 0 Å². The molecule has 35 heavy (non-hydrogen) atoms. The molecule has 0 aliphatic heterocycles. The molecule has 0 aliphatic carbocycles. The molecule has 0 spiro atoms. The summed E-state index contributed by atoms with van der Waals surface area (Å²) in [5.74, 6) is 0.416. The number of carbonyl (C=O) groups is 1. The molecule has 1 amide bonds. The monoisotopic (exact) mass is 491 g/mol. The van der Waals surface area contributed by atoms with Gasteiger partial charge in [-0.15, -0.1) is 0 Å². The zero-order valence-corrected chi connectivity index (χ0v) is 20.6. The highest BCUT2D eigenvalue weighted by Crippen LogP contribution is 2.25. The Bertz CT molecular complexity index is 1250. The lowest BCUT2D eigenvalue weighted by Crippen LogP contribution is -2.39. The Morgan fingerprint density at radius 3 is 2.29 bits per heavy atom. The summed E-state index contributed by atoms with van der Waals surface area (Å²) >= 11 is 0. The maximum Gasteiger partial charge on any atom is 0.264 e. The number of hydrogen-bond acceptors (Lipinski definition) is 5. The van der Waals surface area contributed by atoms with Gasteiger partial charge in [-0.2, -0.15) is 5.10 Å².